The van der Waals surface area contributed by atoms with E-state index in [9.17, 15) is 0 Å². The molecule has 2 heteroatoms. The quantitative estimate of drug-likeness (QED) is 0.614. The number of carbonyl (C=O) groups excluding carboxylic acids is 1. The van der Waals surface area contributed by atoms with E-state index in [0.29, 0.717) is 0 Å². The highest BCUT2D eigenvalue weighted by Crippen LogP contribution is 1.99. The topological polar surface area (TPSA) is 43.1 Å². The van der Waals surface area contributed by atoms with E-state index < -0.39 is 0 Å². The summed E-state index contributed by atoms with van der Waals surface area (Å²) in [5, 5.41) is 0. The number of benzene rings is 1. The molecule has 13 heavy (non-hydrogen) atoms. The summed E-state index contributed by atoms with van der Waals surface area (Å²) in [6.45, 7) is 8.19. The van der Waals surface area contributed by atoms with Crippen molar-refractivity contribution in [2.24, 2.45) is 5.73 Å². The van der Waals surface area contributed by atoms with Crippen LogP contribution < -0.4 is 5.73 Å². The largest absolute Gasteiger partial charge is 0.372 e. The smallest absolute Gasteiger partial charge is 0.204 e. The van der Waals surface area contributed by atoms with Gasteiger partial charge in [0.2, 0.25) is 6.41 Å². The van der Waals surface area contributed by atoms with Crippen LogP contribution in [0, 0.1) is 13.8 Å². The SMILES string of the molecule is CC.Cc1ccc(C)cc1.NC=O. The zero-order valence-electron chi connectivity index (χ0n) is 8.87. The molecule has 0 saturated carbocycles. The van der Waals surface area contributed by atoms with E-state index in [1.54, 1.807) is 0 Å². The molecule has 0 radical (unpaired) electrons. The number of carbonyl (C=O) groups is 1. The number of hydrogen-bond acceptors (Lipinski definition) is 1. The van der Waals surface area contributed by atoms with Crippen molar-refractivity contribution in [1.29, 1.82) is 0 Å². The van der Waals surface area contributed by atoms with Crippen LogP contribution in [-0.2, 0) is 4.79 Å². The molecule has 0 fully saturated rings. The summed E-state index contributed by atoms with van der Waals surface area (Å²) in [5.41, 5.74) is 6.83. The van der Waals surface area contributed by atoms with E-state index in [-0.39, 0.29) is 6.41 Å². The Morgan fingerprint density at radius 1 is 1.00 bits per heavy atom. The zero-order chi connectivity index (χ0) is 10.7. The highest BCUT2D eigenvalue weighted by Gasteiger charge is 1.79. The first kappa shape index (κ1) is 14.2. The third-order valence-corrected chi connectivity index (χ3v) is 1.22. The lowest BCUT2D eigenvalue weighted by atomic mass is 10.2. The molecule has 0 aliphatic rings. The Morgan fingerprint density at radius 3 is 1.31 bits per heavy atom. The van der Waals surface area contributed by atoms with Crippen molar-refractivity contribution < 1.29 is 4.79 Å². The second-order valence-electron chi connectivity index (χ2n) is 2.29. The van der Waals surface area contributed by atoms with Gasteiger partial charge in [0.15, 0.2) is 0 Å². The van der Waals surface area contributed by atoms with Crippen LogP contribution in [0.1, 0.15) is 25.0 Å². The molecule has 2 N–H and O–H groups in total. The van der Waals surface area contributed by atoms with Gasteiger partial charge in [-0.15, -0.1) is 0 Å². The number of amides is 1. The Balaban J connectivity index is 0. The fraction of sp³-hybridized carbons (Fsp3) is 0.364. The van der Waals surface area contributed by atoms with Gasteiger partial charge in [0.05, 0.1) is 0 Å². The number of primary amides is 1. The van der Waals surface area contributed by atoms with Gasteiger partial charge in [0.1, 0.15) is 0 Å². The molecule has 1 amide bonds. The summed E-state index contributed by atoms with van der Waals surface area (Å²) in [6.07, 6.45) is 0.250. The summed E-state index contributed by atoms with van der Waals surface area (Å²) in [7, 11) is 0. The first-order chi connectivity index (χ1) is 6.20. The van der Waals surface area contributed by atoms with Crippen LogP contribution in [0.3, 0.4) is 0 Å². The molecular formula is C11H19NO. The van der Waals surface area contributed by atoms with E-state index >= 15 is 0 Å². The van der Waals surface area contributed by atoms with Crippen LogP contribution in [0.5, 0.6) is 0 Å². The van der Waals surface area contributed by atoms with Gasteiger partial charge in [0.25, 0.3) is 0 Å². The second-order valence-corrected chi connectivity index (χ2v) is 2.29. The van der Waals surface area contributed by atoms with Crippen LogP contribution in [0.4, 0.5) is 0 Å². The Bertz CT molecular complexity index is 183. The molecule has 0 bridgehead atoms. The zero-order valence-corrected chi connectivity index (χ0v) is 8.87. The molecule has 2 nitrogen and oxygen atoms in total. The molecule has 74 valence electrons. The molecule has 0 spiro atoms. The summed E-state index contributed by atoms with van der Waals surface area (Å²) >= 11 is 0. The van der Waals surface area contributed by atoms with Crippen LogP contribution >= 0.6 is 0 Å². The van der Waals surface area contributed by atoms with E-state index in [1.807, 2.05) is 13.8 Å². The minimum absolute atomic E-state index is 0.250. The van der Waals surface area contributed by atoms with Crippen LogP contribution in [-0.4, -0.2) is 6.41 Å². The summed E-state index contributed by atoms with van der Waals surface area (Å²) < 4.78 is 0. The van der Waals surface area contributed by atoms with Crippen molar-refractivity contribution >= 4 is 6.41 Å². The summed E-state index contributed by atoms with van der Waals surface area (Å²) in [5.74, 6) is 0. The fourth-order valence-electron chi connectivity index (χ4n) is 0.637. The molecule has 0 atom stereocenters. The highest BCUT2D eigenvalue weighted by atomic mass is 16.1. The molecule has 1 aromatic carbocycles. The Hall–Kier alpha value is -1.31. The minimum Gasteiger partial charge on any atom is -0.372 e. The molecule has 0 heterocycles. The lowest BCUT2D eigenvalue weighted by molar-refractivity contribution is -0.106. The van der Waals surface area contributed by atoms with Gasteiger partial charge in [-0.05, 0) is 13.8 Å². The van der Waals surface area contributed by atoms with Crippen molar-refractivity contribution in [2.75, 3.05) is 0 Å². The average molecular weight is 181 g/mol. The van der Waals surface area contributed by atoms with Crippen molar-refractivity contribution in [3.8, 4) is 0 Å². The van der Waals surface area contributed by atoms with Crippen molar-refractivity contribution in [3.63, 3.8) is 0 Å². The standard InChI is InChI=1S/C8H10.C2H6.CH3NO/c1-7-3-5-8(2)6-4-7;1-2;2-1-3/h3-6H,1-2H3;1-2H3;1H,(H2,2,3). The summed E-state index contributed by atoms with van der Waals surface area (Å²) in [6, 6.07) is 8.48. The molecule has 1 aromatic rings. The maximum Gasteiger partial charge on any atom is 0.204 e. The van der Waals surface area contributed by atoms with Gasteiger partial charge in [-0.25, -0.2) is 0 Å². The van der Waals surface area contributed by atoms with Crippen LogP contribution in [0.2, 0.25) is 0 Å². The normalized spacial score (nSPS) is 7.08. The maximum atomic E-state index is 8.58. The van der Waals surface area contributed by atoms with E-state index in [2.05, 4.69) is 43.8 Å². The van der Waals surface area contributed by atoms with Gasteiger partial charge in [-0.2, -0.15) is 0 Å². The van der Waals surface area contributed by atoms with E-state index in [0.717, 1.165) is 0 Å². The third kappa shape index (κ3) is 10.7. The molecule has 0 aliphatic carbocycles. The fourth-order valence-corrected chi connectivity index (χ4v) is 0.637. The van der Waals surface area contributed by atoms with Gasteiger partial charge >= 0.3 is 0 Å². The van der Waals surface area contributed by atoms with Crippen molar-refractivity contribution in [3.05, 3.63) is 35.4 Å². The molecule has 0 aromatic heterocycles. The van der Waals surface area contributed by atoms with Gasteiger partial charge in [0, 0.05) is 0 Å². The Kier molecular flexibility index (Phi) is 11.7. The first-order valence-corrected chi connectivity index (χ1v) is 4.39. The molecular weight excluding hydrogens is 162 g/mol. The maximum absolute atomic E-state index is 8.58. The van der Waals surface area contributed by atoms with Gasteiger partial charge < -0.3 is 5.73 Å². The van der Waals surface area contributed by atoms with Crippen LogP contribution in [0.15, 0.2) is 24.3 Å². The molecule has 0 unspecified atom stereocenters. The monoisotopic (exact) mass is 181 g/mol. The lowest BCUT2D eigenvalue weighted by Gasteiger charge is -1.90. The number of hydrogen-bond donors (Lipinski definition) is 1. The van der Waals surface area contributed by atoms with Gasteiger partial charge in [-0.3, -0.25) is 4.79 Å². The predicted octanol–water partition coefficient (Wildman–Crippen LogP) is 2.43. The van der Waals surface area contributed by atoms with E-state index in [1.165, 1.54) is 11.1 Å². The Morgan fingerprint density at radius 2 is 1.15 bits per heavy atom. The number of nitrogens with two attached hydrogens (primary N) is 1. The van der Waals surface area contributed by atoms with E-state index in [4.69, 9.17) is 4.79 Å². The Labute approximate surface area is 80.8 Å². The van der Waals surface area contributed by atoms with Gasteiger partial charge in [-0.1, -0.05) is 49.2 Å². The molecule has 0 saturated heterocycles. The second kappa shape index (κ2) is 10.7. The molecule has 0 aliphatic heterocycles. The van der Waals surface area contributed by atoms with Crippen LogP contribution in [0.25, 0.3) is 0 Å². The summed E-state index contributed by atoms with van der Waals surface area (Å²) in [4.78, 5) is 8.58. The molecule has 1 rings (SSSR count). The minimum atomic E-state index is 0.250. The van der Waals surface area contributed by atoms with Crippen molar-refractivity contribution in [1.82, 2.24) is 0 Å². The third-order valence-electron chi connectivity index (χ3n) is 1.22. The average Bonchev–Trinajstić information content (AvgIpc) is 2.15. The highest BCUT2D eigenvalue weighted by molar-refractivity contribution is 5.42. The van der Waals surface area contributed by atoms with Crippen molar-refractivity contribution in [2.45, 2.75) is 27.7 Å². The lowest BCUT2D eigenvalue weighted by Crippen LogP contribution is -1.82. The number of aryl methyl sites for hydroxylation is 2. The number of rotatable bonds is 0. The predicted molar refractivity (Wildman–Crippen MR) is 57.5 cm³/mol. The first-order valence-electron chi connectivity index (χ1n) is 4.39.